The summed E-state index contributed by atoms with van der Waals surface area (Å²) in [6, 6.07) is 0. The van der Waals surface area contributed by atoms with E-state index in [0.717, 1.165) is 29.7 Å². The van der Waals surface area contributed by atoms with Crippen LogP contribution in [-0.4, -0.2) is 16.5 Å². The Morgan fingerprint density at radius 1 is 1.22 bits per heavy atom. The highest BCUT2D eigenvalue weighted by Gasteiger charge is 2.28. The van der Waals surface area contributed by atoms with Gasteiger partial charge in [0.15, 0.2) is 0 Å². The van der Waals surface area contributed by atoms with Crippen molar-refractivity contribution in [3.8, 4) is 0 Å². The van der Waals surface area contributed by atoms with Crippen LogP contribution in [0.25, 0.3) is 0 Å². The lowest BCUT2D eigenvalue weighted by Gasteiger charge is -2.11. The third-order valence-corrected chi connectivity index (χ3v) is 4.19. The quantitative estimate of drug-likeness (QED) is 0.626. The molecule has 2 aliphatic rings. The Kier molecular flexibility index (Phi) is 3.42. The third kappa shape index (κ3) is 2.94. The van der Waals surface area contributed by atoms with E-state index >= 15 is 0 Å². The Balaban J connectivity index is 1.61. The van der Waals surface area contributed by atoms with Crippen molar-refractivity contribution >= 4 is 17.4 Å². The molecule has 1 heterocycles. The second kappa shape index (κ2) is 5.04. The fourth-order valence-corrected chi connectivity index (χ4v) is 2.38. The van der Waals surface area contributed by atoms with Crippen molar-refractivity contribution in [1.82, 2.24) is 9.97 Å². The standard InChI is InChI=1S/C14H20ClN3/c1-9-12(15)17-14(11-6-7-11)18-13(9)16-8-2-3-10-4-5-10/h10-11H,2-8H2,1H3,(H,16,17,18). The highest BCUT2D eigenvalue weighted by atomic mass is 35.5. The van der Waals surface area contributed by atoms with Crippen molar-refractivity contribution in [3.05, 3.63) is 16.5 Å². The molecule has 0 aliphatic heterocycles. The minimum Gasteiger partial charge on any atom is -0.370 e. The van der Waals surface area contributed by atoms with Crippen LogP contribution in [0.1, 0.15) is 55.8 Å². The molecular weight excluding hydrogens is 246 g/mol. The smallest absolute Gasteiger partial charge is 0.137 e. The van der Waals surface area contributed by atoms with Crippen LogP contribution < -0.4 is 5.32 Å². The Labute approximate surface area is 113 Å². The van der Waals surface area contributed by atoms with Gasteiger partial charge >= 0.3 is 0 Å². The number of anilines is 1. The van der Waals surface area contributed by atoms with Gasteiger partial charge in [-0.2, -0.15) is 0 Å². The van der Waals surface area contributed by atoms with Crippen LogP contribution in [0.15, 0.2) is 0 Å². The lowest BCUT2D eigenvalue weighted by Crippen LogP contribution is -2.08. The number of halogens is 1. The van der Waals surface area contributed by atoms with Crippen molar-refractivity contribution in [1.29, 1.82) is 0 Å². The van der Waals surface area contributed by atoms with Gasteiger partial charge in [0.2, 0.25) is 0 Å². The molecule has 1 aromatic rings. The van der Waals surface area contributed by atoms with Gasteiger partial charge in [-0.15, -0.1) is 0 Å². The van der Waals surface area contributed by atoms with Crippen LogP contribution >= 0.6 is 11.6 Å². The van der Waals surface area contributed by atoms with E-state index in [2.05, 4.69) is 15.3 Å². The molecule has 18 heavy (non-hydrogen) atoms. The first kappa shape index (κ1) is 12.2. The Morgan fingerprint density at radius 3 is 2.67 bits per heavy atom. The maximum atomic E-state index is 6.17. The highest BCUT2D eigenvalue weighted by molar-refractivity contribution is 6.30. The van der Waals surface area contributed by atoms with E-state index in [0.29, 0.717) is 11.1 Å². The van der Waals surface area contributed by atoms with Gasteiger partial charge < -0.3 is 5.32 Å². The summed E-state index contributed by atoms with van der Waals surface area (Å²) >= 11 is 6.17. The van der Waals surface area contributed by atoms with E-state index in [4.69, 9.17) is 11.6 Å². The van der Waals surface area contributed by atoms with Crippen LogP contribution in [0.4, 0.5) is 5.82 Å². The first-order chi connectivity index (χ1) is 8.74. The Bertz CT molecular complexity index is 439. The van der Waals surface area contributed by atoms with Crippen LogP contribution in [-0.2, 0) is 0 Å². The summed E-state index contributed by atoms with van der Waals surface area (Å²) in [4.78, 5) is 9.00. The number of nitrogens with zero attached hydrogens (tertiary/aromatic N) is 2. The van der Waals surface area contributed by atoms with Crippen molar-refractivity contribution in [2.24, 2.45) is 5.92 Å². The largest absolute Gasteiger partial charge is 0.370 e. The Hall–Kier alpha value is -0.830. The van der Waals surface area contributed by atoms with Crippen LogP contribution in [0, 0.1) is 12.8 Å². The SMILES string of the molecule is Cc1c(Cl)nc(C2CC2)nc1NCCCC1CC1. The van der Waals surface area contributed by atoms with E-state index < -0.39 is 0 Å². The molecule has 98 valence electrons. The molecular formula is C14H20ClN3. The van der Waals surface area contributed by atoms with Gasteiger partial charge in [0, 0.05) is 18.0 Å². The molecule has 3 nitrogen and oxygen atoms in total. The molecule has 0 atom stereocenters. The fraction of sp³-hybridized carbons (Fsp3) is 0.714. The molecule has 0 bridgehead atoms. The summed E-state index contributed by atoms with van der Waals surface area (Å²) in [5, 5.41) is 4.03. The lowest BCUT2D eigenvalue weighted by atomic mass is 10.2. The molecule has 0 amide bonds. The third-order valence-electron chi connectivity index (χ3n) is 3.82. The molecule has 0 spiro atoms. The van der Waals surface area contributed by atoms with E-state index in [1.54, 1.807) is 0 Å². The minimum absolute atomic E-state index is 0.551. The average Bonchev–Trinajstić information content (AvgIpc) is 3.22. The van der Waals surface area contributed by atoms with Crippen LogP contribution in [0.5, 0.6) is 0 Å². The van der Waals surface area contributed by atoms with E-state index in [1.165, 1.54) is 38.5 Å². The van der Waals surface area contributed by atoms with E-state index in [9.17, 15) is 0 Å². The summed E-state index contributed by atoms with van der Waals surface area (Å²) in [6.45, 7) is 2.98. The first-order valence-corrected chi connectivity index (χ1v) is 7.39. The number of hydrogen-bond acceptors (Lipinski definition) is 3. The summed E-state index contributed by atoms with van der Waals surface area (Å²) in [5.41, 5.74) is 0.979. The van der Waals surface area contributed by atoms with Crippen molar-refractivity contribution < 1.29 is 0 Å². The molecule has 3 rings (SSSR count). The number of aromatic nitrogens is 2. The van der Waals surface area contributed by atoms with Gasteiger partial charge in [0.25, 0.3) is 0 Å². The van der Waals surface area contributed by atoms with Crippen molar-refractivity contribution in [3.63, 3.8) is 0 Å². The summed E-state index contributed by atoms with van der Waals surface area (Å²) in [7, 11) is 0. The Morgan fingerprint density at radius 2 is 2.00 bits per heavy atom. The average molecular weight is 266 g/mol. The van der Waals surface area contributed by atoms with Crippen LogP contribution in [0.2, 0.25) is 5.15 Å². The van der Waals surface area contributed by atoms with Crippen molar-refractivity contribution in [2.75, 3.05) is 11.9 Å². The van der Waals surface area contributed by atoms with Crippen molar-refractivity contribution in [2.45, 2.75) is 51.4 Å². The zero-order valence-electron chi connectivity index (χ0n) is 10.9. The molecule has 1 N–H and O–H groups in total. The highest BCUT2D eigenvalue weighted by Crippen LogP contribution is 2.39. The second-order valence-electron chi connectivity index (χ2n) is 5.63. The predicted molar refractivity (Wildman–Crippen MR) is 74.2 cm³/mol. The molecule has 0 unspecified atom stereocenters. The molecule has 1 aromatic heterocycles. The predicted octanol–water partition coefficient (Wildman–Crippen LogP) is 3.92. The van der Waals surface area contributed by atoms with Gasteiger partial charge in [-0.25, -0.2) is 9.97 Å². The maximum Gasteiger partial charge on any atom is 0.137 e. The summed E-state index contributed by atoms with van der Waals surface area (Å²) < 4.78 is 0. The number of nitrogens with one attached hydrogen (secondary N) is 1. The molecule has 2 aliphatic carbocycles. The normalized spacial score (nSPS) is 19.0. The maximum absolute atomic E-state index is 6.17. The zero-order chi connectivity index (χ0) is 12.5. The number of rotatable bonds is 6. The van der Waals surface area contributed by atoms with Gasteiger partial charge in [-0.1, -0.05) is 24.4 Å². The molecule has 0 saturated heterocycles. The molecule has 2 saturated carbocycles. The second-order valence-corrected chi connectivity index (χ2v) is 5.99. The number of hydrogen-bond donors (Lipinski definition) is 1. The summed E-state index contributed by atoms with van der Waals surface area (Å²) in [5.74, 6) is 3.42. The van der Waals surface area contributed by atoms with E-state index in [1.807, 2.05) is 6.92 Å². The monoisotopic (exact) mass is 265 g/mol. The summed E-state index contributed by atoms with van der Waals surface area (Å²) in [6.07, 6.45) is 7.86. The lowest BCUT2D eigenvalue weighted by molar-refractivity contribution is 0.685. The van der Waals surface area contributed by atoms with Gasteiger partial charge in [0.1, 0.15) is 16.8 Å². The first-order valence-electron chi connectivity index (χ1n) is 7.02. The molecule has 0 aromatic carbocycles. The fourth-order valence-electron chi connectivity index (χ4n) is 2.21. The van der Waals surface area contributed by atoms with Gasteiger partial charge in [0.05, 0.1) is 0 Å². The molecule has 4 heteroatoms. The van der Waals surface area contributed by atoms with Gasteiger partial charge in [-0.05, 0) is 38.5 Å². The zero-order valence-corrected chi connectivity index (χ0v) is 11.6. The van der Waals surface area contributed by atoms with Gasteiger partial charge in [-0.3, -0.25) is 0 Å². The topological polar surface area (TPSA) is 37.8 Å². The van der Waals surface area contributed by atoms with E-state index in [-0.39, 0.29) is 0 Å². The molecule has 0 radical (unpaired) electrons. The minimum atomic E-state index is 0.551. The molecule has 2 fully saturated rings. The van der Waals surface area contributed by atoms with Crippen LogP contribution in [0.3, 0.4) is 0 Å².